The highest BCUT2D eigenvalue weighted by Gasteiger charge is 2.23. The Hall–Kier alpha value is -1.65. The lowest BCUT2D eigenvalue weighted by Gasteiger charge is -2.18. The van der Waals surface area contributed by atoms with E-state index in [1.54, 1.807) is 12.3 Å². The van der Waals surface area contributed by atoms with Crippen LogP contribution in [-0.2, 0) is 4.74 Å². The second-order valence-corrected chi connectivity index (χ2v) is 5.19. The van der Waals surface area contributed by atoms with Crippen LogP contribution in [0, 0.1) is 0 Å². The van der Waals surface area contributed by atoms with Crippen LogP contribution >= 0.6 is 0 Å². The lowest BCUT2D eigenvalue weighted by molar-refractivity contribution is 0.00557. The minimum atomic E-state index is -0.527. The van der Waals surface area contributed by atoms with Gasteiger partial charge in [0.2, 0.25) is 5.82 Å². The van der Waals surface area contributed by atoms with E-state index in [-0.39, 0.29) is 5.82 Å². The molecule has 0 amide bonds. The Kier molecular flexibility index (Phi) is 3.00. The van der Waals surface area contributed by atoms with Crippen molar-refractivity contribution in [3.63, 3.8) is 0 Å². The molecule has 0 aromatic carbocycles. The topological polar surface area (TPSA) is 64.1 Å². The van der Waals surface area contributed by atoms with Crippen LogP contribution < -0.4 is 5.32 Å². The van der Waals surface area contributed by atoms with Crippen molar-refractivity contribution >= 4 is 11.8 Å². The van der Waals surface area contributed by atoms with E-state index in [0.717, 1.165) is 12.8 Å². The molecular formula is C12H17N3O2. The van der Waals surface area contributed by atoms with Crippen LogP contribution in [0.4, 0.5) is 5.82 Å². The Morgan fingerprint density at radius 1 is 1.47 bits per heavy atom. The lowest BCUT2D eigenvalue weighted by Crippen LogP contribution is -2.25. The highest BCUT2D eigenvalue weighted by atomic mass is 16.6. The van der Waals surface area contributed by atoms with Gasteiger partial charge in [-0.05, 0) is 39.7 Å². The highest BCUT2D eigenvalue weighted by Crippen LogP contribution is 2.23. The van der Waals surface area contributed by atoms with Gasteiger partial charge in [0.25, 0.3) is 0 Å². The average molecular weight is 235 g/mol. The van der Waals surface area contributed by atoms with Gasteiger partial charge in [0.1, 0.15) is 11.4 Å². The molecule has 5 nitrogen and oxygen atoms in total. The first-order chi connectivity index (χ1) is 7.94. The van der Waals surface area contributed by atoms with Crippen molar-refractivity contribution in [3.05, 3.63) is 18.1 Å². The number of hydrogen-bond donors (Lipinski definition) is 1. The highest BCUT2D eigenvalue weighted by molar-refractivity contribution is 5.85. The van der Waals surface area contributed by atoms with Gasteiger partial charge in [-0.2, -0.15) is 0 Å². The number of anilines is 1. The Labute approximate surface area is 101 Å². The Balaban J connectivity index is 2.06. The molecule has 17 heavy (non-hydrogen) atoms. The molecule has 0 bridgehead atoms. The minimum Gasteiger partial charge on any atom is -0.454 e. The van der Waals surface area contributed by atoms with Gasteiger partial charge in [0.15, 0.2) is 0 Å². The van der Waals surface area contributed by atoms with Crippen LogP contribution in [0.5, 0.6) is 0 Å². The summed E-state index contributed by atoms with van der Waals surface area (Å²) >= 11 is 0. The number of nitrogens with zero attached hydrogens (tertiary/aromatic N) is 2. The summed E-state index contributed by atoms with van der Waals surface area (Å²) in [4.78, 5) is 19.8. The van der Waals surface area contributed by atoms with Crippen molar-refractivity contribution in [1.82, 2.24) is 9.97 Å². The second-order valence-electron chi connectivity index (χ2n) is 5.19. The van der Waals surface area contributed by atoms with Crippen LogP contribution in [0.25, 0.3) is 0 Å². The molecule has 92 valence electrons. The molecule has 0 atom stereocenters. The van der Waals surface area contributed by atoms with Crippen molar-refractivity contribution in [2.75, 3.05) is 5.32 Å². The van der Waals surface area contributed by atoms with Crippen LogP contribution in [0.1, 0.15) is 44.2 Å². The van der Waals surface area contributed by atoms with E-state index in [1.807, 2.05) is 20.8 Å². The van der Waals surface area contributed by atoms with Crippen LogP contribution in [0.2, 0.25) is 0 Å². The maximum absolute atomic E-state index is 11.7. The van der Waals surface area contributed by atoms with Crippen LogP contribution in [0.3, 0.4) is 0 Å². The summed E-state index contributed by atoms with van der Waals surface area (Å²) in [6.45, 7) is 5.45. The molecular weight excluding hydrogens is 218 g/mol. The van der Waals surface area contributed by atoms with Gasteiger partial charge in [0.05, 0.1) is 0 Å². The number of hydrogen-bond acceptors (Lipinski definition) is 5. The van der Waals surface area contributed by atoms with Gasteiger partial charge in [0, 0.05) is 12.2 Å². The molecule has 0 spiro atoms. The minimum absolute atomic E-state index is 0.102. The van der Waals surface area contributed by atoms with Gasteiger partial charge < -0.3 is 10.1 Å². The molecule has 2 rings (SSSR count). The molecule has 1 aromatic rings. The van der Waals surface area contributed by atoms with Gasteiger partial charge in [-0.1, -0.05) is 0 Å². The zero-order valence-electron chi connectivity index (χ0n) is 10.4. The van der Waals surface area contributed by atoms with Crippen LogP contribution in [0.15, 0.2) is 12.3 Å². The maximum Gasteiger partial charge on any atom is 0.376 e. The van der Waals surface area contributed by atoms with E-state index < -0.39 is 11.6 Å². The Morgan fingerprint density at radius 3 is 2.76 bits per heavy atom. The molecule has 1 fully saturated rings. The molecule has 1 heterocycles. The summed E-state index contributed by atoms with van der Waals surface area (Å²) in [7, 11) is 0. The third kappa shape index (κ3) is 3.69. The Bertz CT molecular complexity index is 422. The molecule has 1 aliphatic carbocycles. The average Bonchev–Trinajstić information content (AvgIpc) is 2.99. The van der Waals surface area contributed by atoms with E-state index in [1.165, 1.54) is 0 Å². The number of rotatable bonds is 3. The fourth-order valence-electron chi connectivity index (χ4n) is 1.30. The quantitative estimate of drug-likeness (QED) is 0.812. The summed E-state index contributed by atoms with van der Waals surface area (Å²) in [6.07, 6.45) is 3.88. The van der Waals surface area contributed by atoms with Gasteiger partial charge in [-0.3, -0.25) is 0 Å². The Morgan fingerprint density at radius 2 is 2.18 bits per heavy atom. The predicted molar refractivity (Wildman–Crippen MR) is 63.8 cm³/mol. The lowest BCUT2D eigenvalue weighted by atomic mass is 10.2. The molecule has 1 N–H and O–H groups in total. The van der Waals surface area contributed by atoms with Crippen molar-refractivity contribution in [2.24, 2.45) is 0 Å². The molecule has 0 aliphatic heterocycles. The molecule has 1 aliphatic rings. The molecule has 5 heteroatoms. The van der Waals surface area contributed by atoms with Crippen molar-refractivity contribution in [1.29, 1.82) is 0 Å². The van der Waals surface area contributed by atoms with E-state index in [2.05, 4.69) is 15.3 Å². The summed E-state index contributed by atoms with van der Waals surface area (Å²) < 4.78 is 5.21. The van der Waals surface area contributed by atoms with E-state index in [9.17, 15) is 4.79 Å². The normalized spacial score (nSPS) is 15.5. The molecule has 0 radical (unpaired) electrons. The largest absolute Gasteiger partial charge is 0.454 e. The summed E-state index contributed by atoms with van der Waals surface area (Å²) in [6, 6.07) is 2.25. The van der Waals surface area contributed by atoms with Gasteiger partial charge in [-0.15, -0.1) is 0 Å². The van der Waals surface area contributed by atoms with E-state index >= 15 is 0 Å². The second kappa shape index (κ2) is 4.31. The zero-order valence-corrected chi connectivity index (χ0v) is 10.4. The van der Waals surface area contributed by atoms with Crippen molar-refractivity contribution < 1.29 is 9.53 Å². The summed E-state index contributed by atoms with van der Waals surface area (Å²) in [5.74, 6) is 0.297. The number of aromatic nitrogens is 2. The first-order valence-electron chi connectivity index (χ1n) is 5.77. The van der Waals surface area contributed by atoms with E-state index in [0.29, 0.717) is 11.9 Å². The third-order valence-electron chi connectivity index (χ3n) is 2.17. The molecule has 1 saturated carbocycles. The predicted octanol–water partition coefficient (Wildman–Crippen LogP) is 2.01. The number of nitrogens with one attached hydrogen (secondary N) is 1. The first kappa shape index (κ1) is 11.8. The fourth-order valence-corrected chi connectivity index (χ4v) is 1.30. The smallest absolute Gasteiger partial charge is 0.376 e. The summed E-state index contributed by atoms with van der Waals surface area (Å²) in [5.41, 5.74) is -0.527. The molecule has 0 saturated heterocycles. The summed E-state index contributed by atoms with van der Waals surface area (Å²) in [5, 5.41) is 3.22. The third-order valence-corrected chi connectivity index (χ3v) is 2.17. The van der Waals surface area contributed by atoms with Gasteiger partial charge in [-0.25, -0.2) is 14.8 Å². The fraction of sp³-hybridized carbons (Fsp3) is 0.583. The molecule has 0 unspecified atom stereocenters. The van der Waals surface area contributed by atoms with Gasteiger partial charge >= 0.3 is 5.97 Å². The zero-order chi connectivity index (χ0) is 12.5. The number of carbonyl (C=O) groups is 1. The monoisotopic (exact) mass is 235 g/mol. The number of carbonyl (C=O) groups excluding carboxylic acids is 1. The maximum atomic E-state index is 11.7. The SMILES string of the molecule is CC(C)(C)OC(=O)c1nccc(NC2CC2)n1. The van der Waals surface area contributed by atoms with Crippen molar-refractivity contribution in [3.8, 4) is 0 Å². The standard InChI is InChI=1S/C12H17N3O2/c1-12(2,3)17-11(16)10-13-7-6-9(15-10)14-8-4-5-8/h6-8H,4-5H2,1-3H3,(H,13,14,15). The van der Waals surface area contributed by atoms with Crippen molar-refractivity contribution in [2.45, 2.75) is 45.3 Å². The number of esters is 1. The first-order valence-corrected chi connectivity index (χ1v) is 5.77. The van der Waals surface area contributed by atoms with Crippen LogP contribution in [-0.4, -0.2) is 27.6 Å². The number of ether oxygens (including phenoxy) is 1. The van der Waals surface area contributed by atoms with E-state index in [4.69, 9.17) is 4.74 Å². The molecule has 1 aromatic heterocycles.